The molecular formula is C14H15NO2. The first-order valence-corrected chi connectivity index (χ1v) is 5.94. The average Bonchev–Trinajstić information content (AvgIpc) is 2.73. The largest absolute Gasteiger partial charge is 0.326 e. The average molecular weight is 229 g/mol. The van der Waals surface area contributed by atoms with Gasteiger partial charge in [0.2, 0.25) is 5.91 Å². The molecule has 1 aromatic carbocycles. The number of ketones is 1. The summed E-state index contributed by atoms with van der Waals surface area (Å²) in [5.41, 5.74) is 2.70. The lowest BCUT2D eigenvalue weighted by molar-refractivity contribution is -0.115. The molecule has 0 bridgehead atoms. The summed E-state index contributed by atoms with van der Waals surface area (Å²) >= 11 is 0. The van der Waals surface area contributed by atoms with Crippen LogP contribution in [0.4, 0.5) is 5.69 Å². The second-order valence-corrected chi connectivity index (χ2v) is 5.71. The fraction of sp³-hybridized carbons (Fsp3) is 0.429. The van der Waals surface area contributed by atoms with E-state index in [0.717, 1.165) is 23.2 Å². The highest BCUT2D eigenvalue weighted by Gasteiger charge is 2.50. The zero-order chi connectivity index (χ0) is 12.2. The Labute approximate surface area is 100 Å². The number of fused-ring (bicyclic) bond motifs is 1. The van der Waals surface area contributed by atoms with Gasteiger partial charge in [-0.05, 0) is 35.6 Å². The van der Waals surface area contributed by atoms with Crippen LogP contribution >= 0.6 is 0 Å². The summed E-state index contributed by atoms with van der Waals surface area (Å²) < 4.78 is 0. The number of nitrogens with one attached hydrogen (secondary N) is 1. The molecule has 1 unspecified atom stereocenters. The van der Waals surface area contributed by atoms with Gasteiger partial charge in [0.15, 0.2) is 5.78 Å². The van der Waals surface area contributed by atoms with Crippen molar-refractivity contribution in [2.24, 2.45) is 11.3 Å². The Morgan fingerprint density at radius 3 is 2.76 bits per heavy atom. The maximum Gasteiger partial charge on any atom is 0.228 e. The normalized spacial score (nSPS) is 24.1. The summed E-state index contributed by atoms with van der Waals surface area (Å²) in [4.78, 5) is 23.4. The quantitative estimate of drug-likeness (QED) is 0.791. The smallest absolute Gasteiger partial charge is 0.228 e. The maximum atomic E-state index is 12.2. The molecule has 1 aromatic rings. The van der Waals surface area contributed by atoms with E-state index in [9.17, 15) is 9.59 Å². The fourth-order valence-electron chi connectivity index (χ4n) is 2.50. The molecule has 0 spiro atoms. The first-order valence-electron chi connectivity index (χ1n) is 5.94. The molecule has 1 N–H and O–H groups in total. The van der Waals surface area contributed by atoms with Crippen molar-refractivity contribution < 1.29 is 9.59 Å². The van der Waals surface area contributed by atoms with Gasteiger partial charge in [-0.25, -0.2) is 0 Å². The summed E-state index contributed by atoms with van der Waals surface area (Å²) in [5, 5.41) is 2.77. The van der Waals surface area contributed by atoms with Gasteiger partial charge in [-0.1, -0.05) is 13.8 Å². The van der Waals surface area contributed by atoms with Crippen molar-refractivity contribution in [2.75, 3.05) is 5.32 Å². The monoisotopic (exact) mass is 229 g/mol. The van der Waals surface area contributed by atoms with Crippen LogP contribution in [-0.4, -0.2) is 11.7 Å². The van der Waals surface area contributed by atoms with Gasteiger partial charge >= 0.3 is 0 Å². The third-order valence-electron chi connectivity index (χ3n) is 3.84. The minimum atomic E-state index is 0.0105. The maximum absolute atomic E-state index is 12.2. The Morgan fingerprint density at radius 1 is 1.41 bits per heavy atom. The minimum absolute atomic E-state index is 0.0105. The number of hydrogen-bond acceptors (Lipinski definition) is 2. The highest BCUT2D eigenvalue weighted by atomic mass is 16.1. The van der Waals surface area contributed by atoms with Crippen molar-refractivity contribution in [2.45, 2.75) is 26.7 Å². The molecule has 3 rings (SSSR count). The SMILES string of the molecule is CC1(C)CC1C(=O)c1ccc2c(c1)CC(=O)N2. The van der Waals surface area contributed by atoms with Crippen LogP contribution in [0.1, 0.15) is 36.2 Å². The first-order chi connectivity index (χ1) is 7.97. The molecule has 3 heteroatoms. The van der Waals surface area contributed by atoms with E-state index in [-0.39, 0.29) is 23.0 Å². The number of Topliss-reactive ketones (excluding diaryl/α,β-unsaturated/α-hetero) is 1. The van der Waals surface area contributed by atoms with E-state index >= 15 is 0 Å². The molecule has 0 saturated heterocycles. The van der Waals surface area contributed by atoms with E-state index in [1.165, 1.54) is 0 Å². The Morgan fingerprint density at radius 2 is 2.12 bits per heavy atom. The lowest BCUT2D eigenvalue weighted by Crippen LogP contribution is -2.06. The van der Waals surface area contributed by atoms with Gasteiger partial charge in [0.25, 0.3) is 0 Å². The predicted molar refractivity (Wildman–Crippen MR) is 65.0 cm³/mol. The number of amides is 1. The zero-order valence-electron chi connectivity index (χ0n) is 10.0. The molecule has 1 atom stereocenters. The molecule has 0 radical (unpaired) electrons. The van der Waals surface area contributed by atoms with Crippen molar-refractivity contribution in [1.29, 1.82) is 0 Å². The molecule has 1 aliphatic carbocycles. The van der Waals surface area contributed by atoms with E-state index in [0.29, 0.717) is 6.42 Å². The Kier molecular flexibility index (Phi) is 1.97. The van der Waals surface area contributed by atoms with E-state index in [2.05, 4.69) is 19.2 Å². The molecule has 17 heavy (non-hydrogen) atoms. The number of hydrogen-bond donors (Lipinski definition) is 1. The molecule has 0 aromatic heterocycles. The Hall–Kier alpha value is -1.64. The van der Waals surface area contributed by atoms with Gasteiger partial charge in [-0.2, -0.15) is 0 Å². The second-order valence-electron chi connectivity index (χ2n) is 5.71. The predicted octanol–water partition coefficient (Wildman–Crippen LogP) is 2.41. The van der Waals surface area contributed by atoms with Crippen molar-refractivity contribution in [3.63, 3.8) is 0 Å². The van der Waals surface area contributed by atoms with E-state index < -0.39 is 0 Å². The Balaban J connectivity index is 1.89. The van der Waals surface area contributed by atoms with Crippen molar-refractivity contribution in [3.05, 3.63) is 29.3 Å². The Bertz CT molecular complexity index is 531. The van der Waals surface area contributed by atoms with Crippen LogP contribution < -0.4 is 5.32 Å². The summed E-state index contributed by atoms with van der Waals surface area (Å²) in [5.74, 6) is 0.388. The first kappa shape index (κ1) is 10.5. The standard InChI is InChI=1S/C14H15NO2/c1-14(2)7-10(14)13(17)8-3-4-11-9(5-8)6-12(16)15-11/h3-5,10H,6-7H2,1-2H3,(H,15,16). The molecule has 2 aliphatic rings. The van der Waals surface area contributed by atoms with Gasteiger partial charge < -0.3 is 5.32 Å². The topological polar surface area (TPSA) is 46.2 Å². The van der Waals surface area contributed by atoms with Crippen LogP contribution in [0.2, 0.25) is 0 Å². The molecule has 1 aliphatic heterocycles. The molecule has 1 fully saturated rings. The summed E-state index contributed by atoms with van der Waals surface area (Å²) in [7, 11) is 0. The van der Waals surface area contributed by atoms with Crippen LogP contribution in [0.3, 0.4) is 0 Å². The highest BCUT2D eigenvalue weighted by Crippen LogP contribution is 2.53. The summed E-state index contributed by atoms with van der Waals surface area (Å²) in [6, 6.07) is 5.52. The van der Waals surface area contributed by atoms with Crippen LogP contribution in [0.15, 0.2) is 18.2 Å². The van der Waals surface area contributed by atoms with Crippen molar-refractivity contribution in [1.82, 2.24) is 0 Å². The van der Waals surface area contributed by atoms with Gasteiger partial charge in [-0.3, -0.25) is 9.59 Å². The van der Waals surface area contributed by atoms with Crippen LogP contribution in [-0.2, 0) is 11.2 Å². The summed E-state index contributed by atoms with van der Waals surface area (Å²) in [6.07, 6.45) is 1.37. The van der Waals surface area contributed by atoms with E-state index in [1.807, 2.05) is 18.2 Å². The third kappa shape index (κ3) is 1.66. The molecule has 1 amide bonds. The minimum Gasteiger partial charge on any atom is -0.326 e. The van der Waals surface area contributed by atoms with Crippen LogP contribution in [0.5, 0.6) is 0 Å². The second kappa shape index (κ2) is 3.19. The van der Waals surface area contributed by atoms with Gasteiger partial charge in [0.05, 0.1) is 6.42 Å². The number of anilines is 1. The van der Waals surface area contributed by atoms with E-state index in [4.69, 9.17) is 0 Å². The van der Waals surface area contributed by atoms with Gasteiger partial charge in [-0.15, -0.1) is 0 Å². The van der Waals surface area contributed by atoms with Crippen molar-refractivity contribution in [3.8, 4) is 0 Å². The lowest BCUT2D eigenvalue weighted by atomic mass is 9.99. The van der Waals surface area contributed by atoms with Crippen LogP contribution in [0.25, 0.3) is 0 Å². The molecule has 88 valence electrons. The summed E-state index contributed by atoms with van der Waals surface area (Å²) in [6.45, 7) is 4.24. The fourth-order valence-corrected chi connectivity index (χ4v) is 2.50. The molecule has 1 heterocycles. The number of benzene rings is 1. The molecule has 3 nitrogen and oxygen atoms in total. The zero-order valence-corrected chi connectivity index (χ0v) is 10.0. The number of carbonyl (C=O) groups excluding carboxylic acids is 2. The van der Waals surface area contributed by atoms with Crippen LogP contribution in [0, 0.1) is 11.3 Å². The molecular weight excluding hydrogens is 214 g/mol. The molecule has 1 saturated carbocycles. The lowest BCUT2D eigenvalue weighted by Gasteiger charge is -2.05. The number of rotatable bonds is 2. The van der Waals surface area contributed by atoms with Crippen molar-refractivity contribution >= 4 is 17.4 Å². The van der Waals surface area contributed by atoms with Gasteiger partial charge in [0, 0.05) is 17.2 Å². The van der Waals surface area contributed by atoms with Gasteiger partial charge in [0.1, 0.15) is 0 Å². The number of carbonyl (C=O) groups is 2. The highest BCUT2D eigenvalue weighted by molar-refractivity contribution is 6.03. The van der Waals surface area contributed by atoms with E-state index in [1.54, 1.807) is 0 Å². The third-order valence-corrected chi connectivity index (χ3v) is 3.84.